The lowest BCUT2D eigenvalue weighted by molar-refractivity contribution is -0.122. The summed E-state index contributed by atoms with van der Waals surface area (Å²) in [4.78, 5) is 37.7. The average Bonchev–Trinajstić information content (AvgIpc) is 3.28. The molecule has 2 aliphatic heterocycles. The minimum atomic E-state index is -1.19. The van der Waals surface area contributed by atoms with Gasteiger partial charge >= 0.3 is 5.97 Å². The highest BCUT2D eigenvalue weighted by molar-refractivity contribution is 6.33. The molecule has 2 amide bonds. The maximum Gasteiger partial charge on any atom is 0.337 e. The van der Waals surface area contributed by atoms with E-state index < -0.39 is 11.9 Å². The number of ether oxygens (including phenoxy) is 2. The van der Waals surface area contributed by atoms with Crippen molar-refractivity contribution < 1.29 is 29.0 Å². The Labute approximate surface area is 164 Å². The van der Waals surface area contributed by atoms with Gasteiger partial charge < -0.3 is 24.8 Å². The minimum absolute atomic E-state index is 0.0552. The molecule has 2 N–H and O–H groups in total. The summed E-state index contributed by atoms with van der Waals surface area (Å²) in [6.07, 6.45) is 0.0552. The largest absolute Gasteiger partial charge is 0.478 e. The molecule has 2 aromatic carbocycles. The first kappa shape index (κ1) is 18.1. The van der Waals surface area contributed by atoms with Crippen molar-refractivity contribution in [3.8, 4) is 11.5 Å². The maximum atomic E-state index is 12.6. The molecule has 0 bridgehead atoms. The summed E-state index contributed by atoms with van der Waals surface area (Å²) in [6, 6.07) is 9.37. The Morgan fingerprint density at radius 1 is 1.14 bits per heavy atom. The van der Waals surface area contributed by atoms with Gasteiger partial charge in [-0.05, 0) is 30.3 Å². The molecule has 9 heteroatoms. The molecule has 0 aromatic heterocycles. The van der Waals surface area contributed by atoms with E-state index in [1.165, 1.54) is 23.1 Å². The number of carboxylic acids is 1. The first-order valence-corrected chi connectivity index (χ1v) is 8.84. The summed E-state index contributed by atoms with van der Waals surface area (Å²) >= 11 is 5.84. The van der Waals surface area contributed by atoms with Crippen molar-refractivity contribution in [1.82, 2.24) is 0 Å². The summed E-state index contributed by atoms with van der Waals surface area (Å²) in [6.45, 7) is 0.348. The zero-order valence-corrected chi connectivity index (χ0v) is 15.2. The number of hydrogen-bond donors (Lipinski definition) is 2. The van der Waals surface area contributed by atoms with E-state index in [1.807, 2.05) is 0 Å². The Bertz CT molecular complexity index is 992. The van der Waals surface area contributed by atoms with Crippen LogP contribution in [0.1, 0.15) is 16.8 Å². The number of carbonyl (C=O) groups excluding carboxylic acids is 2. The third-order valence-electron chi connectivity index (χ3n) is 4.63. The third-order valence-corrected chi connectivity index (χ3v) is 4.96. The number of fused-ring (bicyclic) bond motifs is 1. The first-order valence-electron chi connectivity index (χ1n) is 8.46. The van der Waals surface area contributed by atoms with Crippen molar-refractivity contribution in [2.24, 2.45) is 5.92 Å². The van der Waals surface area contributed by atoms with E-state index in [-0.39, 0.29) is 42.2 Å². The second kappa shape index (κ2) is 7.05. The molecular formula is C19H15ClN2O6. The van der Waals surface area contributed by atoms with Crippen LogP contribution in [0.15, 0.2) is 36.4 Å². The normalized spacial score (nSPS) is 17.7. The summed E-state index contributed by atoms with van der Waals surface area (Å²) in [5.41, 5.74) is 0.828. The number of benzene rings is 2. The Hall–Kier alpha value is -3.26. The molecule has 4 rings (SSSR count). The molecule has 144 valence electrons. The highest BCUT2D eigenvalue weighted by atomic mass is 35.5. The Morgan fingerprint density at radius 3 is 2.71 bits per heavy atom. The Morgan fingerprint density at radius 2 is 1.93 bits per heavy atom. The first-order chi connectivity index (χ1) is 13.4. The molecule has 8 nitrogen and oxygen atoms in total. The van der Waals surface area contributed by atoms with Gasteiger partial charge in [0, 0.05) is 30.4 Å². The molecule has 2 aliphatic rings. The van der Waals surface area contributed by atoms with Crippen molar-refractivity contribution in [3.63, 3.8) is 0 Å². The summed E-state index contributed by atoms with van der Waals surface area (Å²) < 4.78 is 10.6. The standard InChI is InChI=1S/C19H15ClN2O6/c20-14-3-1-11(6-13(14)19(25)26)21-18(24)10-5-17(23)22(8-10)12-2-4-15-16(7-12)28-9-27-15/h1-4,6-7,10H,5,8-9H2,(H,21,24)(H,25,26). The quantitative estimate of drug-likeness (QED) is 0.814. The number of nitrogens with zero attached hydrogens (tertiary/aromatic N) is 1. The average molecular weight is 403 g/mol. The minimum Gasteiger partial charge on any atom is -0.478 e. The second-order valence-electron chi connectivity index (χ2n) is 6.43. The van der Waals surface area contributed by atoms with Gasteiger partial charge in [0.1, 0.15) is 0 Å². The molecule has 1 fully saturated rings. The predicted molar refractivity (Wildman–Crippen MR) is 100 cm³/mol. The van der Waals surface area contributed by atoms with E-state index >= 15 is 0 Å². The number of nitrogens with one attached hydrogen (secondary N) is 1. The highest BCUT2D eigenvalue weighted by Gasteiger charge is 2.35. The lowest BCUT2D eigenvalue weighted by atomic mass is 10.1. The predicted octanol–water partition coefficient (Wildman–Crippen LogP) is 2.76. The van der Waals surface area contributed by atoms with Crippen LogP contribution < -0.4 is 19.7 Å². The fraction of sp³-hybridized carbons (Fsp3) is 0.211. The number of rotatable bonds is 4. The van der Waals surface area contributed by atoms with Crippen LogP contribution in [0.4, 0.5) is 11.4 Å². The SMILES string of the molecule is O=C(O)c1cc(NC(=O)C2CC(=O)N(c3ccc4c(c3)OCO4)C2)ccc1Cl. The van der Waals surface area contributed by atoms with Gasteiger partial charge in [-0.2, -0.15) is 0 Å². The molecule has 2 heterocycles. The zero-order valence-electron chi connectivity index (χ0n) is 14.5. The molecule has 2 aromatic rings. The van der Waals surface area contributed by atoms with Crippen LogP contribution in [0.25, 0.3) is 0 Å². The molecule has 0 saturated carbocycles. The van der Waals surface area contributed by atoms with Crippen molar-refractivity contribution in [1.29, 1.82) is 0 Å². The number of hydrogen-bond acceptors (Lipinski definition) is 5. The fourth-order valence-electron chi connectivity index (χ4n) is 3.20. The number of halogens is 1. The number of amides is 2. The van der Waals surface area contributed by atoms with Gasteiger partial charge in [-0.3, -0.25) is 9.59 Å². The van der Waals surface area contributed by atoms with Crippen LogP contribution in [0.3, 0.4) is 0 Å². The second-order valence-corrected chi connectivity index (χ2v) is 6.84. The van der Waals surface area contributed by atoms with Crippen LogP contribution >= 0.6 is 11.6 Å². The lowest BCUT2D eigenvalue weighted by Gasteiger charge is -2.17. The molecule has 1 saturated heterocycles. The van der Waals surface area contributed by atoms with Gasteiger partial charge in [0.15, 0.2) is 11.5 Å². The van der Waals surface area contributed by atoms with Gasteiger partial charge in [-0.25, -0.2) is 4.79 Å². The number of aromatic carboxylic acids is 1. The maximum absolute atomic E-state index is 12.6. The molecule has 0 radical (unpaired) electrons. The van der Waals surface area contributed by atoms with Crippen molar-refractivity contribution in [3.05, 3.63) is 47.0 Å². The molecule has 0 aliphatic carbocycles. The number of anilines is 2. The molecular weight excluding hydrogens is 388 g/mol. The van der Waals surface area contributed by atoms with E-state index in [0.717, 1.165) is 0 Å². The number of carbonyl (C=O) groups is 3. The monoisotopic (exact) mass is 402 g/mol. The van der Waals surface area contributed by atoms with Crippen LogP contribution in [0, 0.1) is 5.92 Å². The topological polar surface area (TPSA) is 105 Å². The van der Waals surface area contributed by atoms with Gasteiger partial charge in [-0.15, -0.1) is 0 Å². The van der Waals surface area contributed by atoms with Crippen molar-refractivity contribution in [2.45, 2.75) is 6.42 Å². The van der Waals surface area contributed by atoms with E-state index in [4.69, 9.17) is 26.2 Å². The summed E-state index contributed by atoms with van der Waals surface area (Å²) in [5, 5.41) is 11.9. The Balaban J connectivity index is 1.47. The van der Waals surface area contributed by atoms with E-state index in [2.05, 4.69) is 5.32 Å². The molecule has 0 spiro atoms. The fourth-order valence-corrected chi connectivity index (χ4v) is 3.40. The van der Waals surface area contributed by atoms with Crippen LogP contribution in [-0.4, -0.2) is 36.2 Å². The summed E-state index contributed by atoms with van der Waals surface area (Å²) in [7, 11) is 0. The van der Waals surface area contributed by atoms with Crippen molar-refractivity contribution in [2.75, 3.05) is 23.6 Å². The van der Waals surface area contributed by atoms with Crippen LogP contribution in [-0.2, 0) is 9.59 Å². The highest BCUT2D eigenvalue weighted by Crippen LogP contribution is 2.37. The molecule has 28 heavy (non-hydrogen) atoms. The molecule has 1 atom stereocenters. The Kier molecular flexibility index (Phi) is 4.56. The van der Waals surface area contributed by atoms with Gasteiger partial charge in [-0.1, -0.05) is 11.6 Å². The van der Waals surface area contributed by atoms with E-state index in [0.29, 0.717) is 22.9 Å². The van der Waals surface area contributed by atoms with Gasteiger partial charge in [0.2, 0.25) is 18.6 Å². The third kappa shape index (κ3) is 3.34. The number of carboxylic acid groups (broad SMARTS) is 1. The van der Waals surface area contributed by atoms with Gasteiger partial charge in [0.05, 0.1) is 16.5 Å². The van der Waals surface area contributed by atoms with E-state index in [9.17, 15) is 14.4 Å². The summed E-state index contributed by atoms with van der Waals surface area (Å²) in [5.74, 6) is -1.13. The molecule has 1 unspecified atom stereocenters. The van der Waals surface area contributed by atoms with Crippen LogP contribution in [0.5, 0.6) is 11.5 Å². The van der Waals surface area contributed by atoms with Crippen LogP contribution in [0.2, 0.25) is 5.02 Å². The van der Waals surface area contributed by atoms with Gasteiger partial charge in [0.25, 0.3) is 0 Å². The smallest absolute Gasteiger partial charge is 0.337 e. The van der Waals surface area contributed by atoms with Crippen molar-refractivity contribution >= 4 is 40.8 Å². The zero-order chi connectivity index (χ0) is 19.8. The van der Waals surface area contributed by atoms with E-state index in [1.54, 1.807) is 18.2 Å². The lowest BCUT2D eigenvalue weighted by Crippen LogP contribution is -2.28.